The molecule has 0 bridgehead atoms. The van der Waals surface area contributed by atoms with Crippen LogP contribution in [0.4, 0.5) is 0 Å². The molecule has 0 amide bonds. The standard InChI is InChI=1S/C17H25ClN4/c1-4-5-16-12(2)8-13(11-22(16)3)9-20-10-14-15(19)6-7-21-17(14)18/h6-8,10,15,21H,4-5,9,11,19H2,1-3H3. The Hall–Kier alpha value is -1.52. The number of nitrogens with zero attached hydrogens (tertiary/aromatic N) is 2. The third-order valence-electron chi connectivity index (χ3n) is 3.91. The first kappa shape index (κ1) is 16.8. The Bertz CT molecular complexity index is 569. The van der Waals surface area contributed by atoms with Crippen LogP contribution in [0.1, 0.15) is 26.7 Å². The van der Waals surface area contributed by atoms with E-state index in [9.17, 15) is 0 Å². The van der Waals surface area contributed by atoms with E-state index < -0.39 is 0 Å². The first-order chi connectivity index (χ1) is 10.5. The molecule has 1 atom stereocenters. The Balaban J connectivity index is 2.03. The summed E-state index contributed by atoms with van der Waals surface area (Å²) < 4.78 is 0. The molecule has 0 aliphatic carbocycles. The first-order valence-electron chi connectivity index (χ1n) is 7.71. The Morgan fingerprint density at radius 1 is 1.55 bits per heavy atom. The highest BCUT2D eigenvalue weighted by molar-refractivity contribution is 6.31. The lowest BCUT2D eigenvalue weighted by molar-refractivity contribution is 0.418. The number of nitrogens with one attached hydrogen (secondary N) is 1. The minimum atomic E-state index is -0.196. The van der Waals surface area contributed by atoms with Gasteiger partial charge in [0.05, 0.1) is 12.6 Å². The van der Waals surface area contributed by atoms with Crippen LogP contribution in [0.2, 0.25) is 0 Å². The molecule has 5 heteroatoms. The number of allylic oxidation sites excluding steroid dienone is 3. The van der Waals surface area contributed by atoms with Gasteiger partial charge in [-0.3, -0.25) is 4.99 Å². The maximum atomic E-state index is 6.11. The number of dihydropyridines is 1. The van der Waals surface area contributed by atoms with Crippen LogP contribution < -0.4 is 11.1 Å². The average Bonchev–Trinajstić information content (AvgIpc) is 2.46. The van der Waals surface area contributed by atoms with Crippen LogP contribution in [-0.4, -0.2) is 37.3 Å². The molecule has 0 saturated heterocycles. The lowest BCUT2D eigenvalue weighted by Gasteiger charge is -2.29. The van der Waals surface area contributed by atoms with Crippen molar-refractivity contribution in [2.75, 3.05) is 20.1 Å². The van der Waals surface area contributed by atoms with E-state index >= 15 is 0 Å². The maximum Gasteiger partial charge on any atom is 0.112 e. The summed E-state index contributed by atoms with van der Waals surface area (Å²) in [6.45, 7) is 5.99. The van der Waals surface area contributed by atoms with E-state index in [2.05, 4.69) is 42.2 Å². The van der Waals surface area contributed by atoms with Gasteiger partial charge in [-0.25, -0.2) is 0 Å². The average molecular weight is 321 g/mol. The summed E-state index contributed by atoms with van der Waals surface area (Å²) in [5.74, 6) is 0. The molecule has 2 heterocycles. The molecule has 4 nitrogen and oxygen atoms in total. The smallest absolute Gasteiger partial charge is 0.112 e. The normalized spacial score (nSPS) is 22.5. The zero-order valence-electron chi connectivity index (χ0n) is 13.6. The van der Waals surface area contributed by atoms with Gasteiger partial charge < -0.3 is 16.0 Å². The van der Waals surface area contributed by atoms with Crippen molar-refractivity contribution in [3.8, 4) is 0 Å². The first-order valence-corrected chi connectivity index (χ1v) is 8.09. The van der Waals surface area contributed by atoms with Gasteiger partial charge >= 0.3 is 0 Å². The molecule has 0 spiro atoms. The summed E-state index contributed by atoms with van der Waals surface area (Å²) in [5, 5.41) is 3.50. The second-order valence-corrected chi connectivity index (χ2v) is 6.18. The Kier molecular flexibility index (Phi) is 5.86. The largest absolute Gasteiger partial charge is 0.374 e. The molecular weight excluding hydrogens is 296 g/mol. The molecule has 120 valence electrons. The van der Waals surface area contributed by atoms with Crippen LogP contribution in [0.15, 0.2) is 50.9 Å². The minimum Gasteiger partial charge on any atom is -0.374 e. The van der Waals surface area contributed by atoms with Crippen LogP contribution in [0.3, 0.4) is 0 Å². The fraction of sp³-hybridized carbons (Fsp3) is 0.471. The van der Waals surface area contributed by atoms with Gasteiger partial charge in [-0.2, -0.15) is 0 Å². The molecule has 0 saturated carbocycles. The van der Waals surface area contributed by atoms with Gasteiger partial charge in [-0.05, 0) is 36.8 Å². The predicted molar refractivity (Wildman–Crippen MR) is 94.8 cm³/mol. The molecule has 3 N–H and O–H groups in total. The van der Waals surface area contributed by atoms with Crippen LogP contribution in [0.5, 0.6) is 0 Å². The summed E-state index contributed by atoms with van der Waals surface area (Å²) >= 11 is 6.11. The van der Waals surface area contributed by atoms with Crippen molar-refractivity contribution < 1.29 is 0 Å². The minimum absolute atomic E-state index is 0.196. The van der Waals surface area contributed by atoms with Gasteiger partial charge in [0.15, 0.2) is 0 Å². The molecule has 0 aromatic heterocycles. The van der Waals surface area contributed by atoms with Crippen molar-refractivity contribution in [3.05, 3.63) is 45.9 Å². The molecule has 0 radical (unpaired) electrons. The highest BCUT2D eigenvalue weighted by Gasteiger charge is 2.15. The van der Waals surface area contributed by atoms with Gasteiger partial charge in [0.1, 0.15) is 5.16 Å². The quantitative estimate of drug-likeness (QED) is 0.605. The summed E-state index contributed by atoms with van der Waals surface area (Å²) in [5.41, 5.74) is 10.9. The van der Waals surface area contributed by atoms with Crippen molar-refractivity contribution in [2.45, 2.75) is 32.7 Å². The zero-order chi connectivity index (χ0) is 16.1. The lowest BCUT2D eigenvalue weighted by Crippen LogP contribution is -2.28. The van der Waals surface area contributed by atoms with Crippen molar-refractivity contribution in [1.82, 2.24) is 10.2 Å². The van der Waals surface area contributed by atoms with Gasteiger partial charge in [0.25, 0.3) is 0 Å². The molecule has 0 fully saturated rings. The highest BCUT2D eigenvalue weighted by atomic mass is 35.5. The molecule has 2 rings (SSSR count). The fourth-order valence-corrected chi connectivity index (χ4v) is 3.06. The van der Waals surface area contributed by atoms with Gasteiger partial charge in [0.2, 0.25) is 0 Å². The van der Waals surface area contributed by atoms with Crippen molar-refractivity contribution in [3.63, 3.8) is 0 Å². The molecular formula is C17H25ClN4. The van der Waals surface area contributed by atoms with Gasteiger partial charge in [-0.1, -0.05) is 31.0 Å². The number of rotatable bonds is 5. The van der Waals surface area contributed by atoms with Crippen LogP contribution >= 0.6 is 11.6 Å². The summed E-state index contributed by atoms with van der Waals surface area (Å²) in [6, 6.07) is -0.196. The summed E-state index contributed by atoms with van der Waals surface area (Å²) in [7, 11) is 2.15. The number of likely N-dealkylation sites (N-methyl/N-ethyl adjacent to an activating group) is 1. The topological polar surface area (TPSA) is 53.6 Å². The third kappa shape index (κ3) is 4.02. The molecule has 1 unspecified atom stereocenters. The van der Waals surface area contributed by atoms with Crippen LogP contribution in [0.25, 0.3) is 0 Å². The van der Waals surface area contributed by atoms with Gasteiger partial charge in [0, 0.05) is 31.1 Å². The maximum absolute atomic E-state index is 6.11. The van der Waals surface area contributed by atoms with E-state index in [-0.39, 0.29) is 6.04 Å². The van der Waals surface area contributed by atoms with Crippen molar-refractivity contribution in [2.24, 2.45) is 10.7 Å². The van der Waals surface area contributed by atoms with Crippen molar-refractivity contribution >= 4 is 17.8 Å². The monoisotopic (exact) mass is 320 g/mol. The highest BCUT2D eigenvalue weighted by Crippen LogP contribution is 2.23. The van der Waals surface area contributed by atoms with E-state index in [1.165, 1.54) is 23.3 Å². The Morgan fingerprint density at radius 2 is 2.32 bits per heavy atom. The molecule has 22 heavy (non-hydrogen) atoms. The number of aliphatic imine (C=N–C) groups is 1. The predicted octanol–water partition coefficient (Wildman–Crippen LogP) is 2.90. The Morgan fingerprint density at radius 3 is 2.95 bits per heavy atom. The number of hydrogen-bond acceptors (Lipinski definition) is 4. The summed E-state index contributed by atoms with van der Waals surface area (Å²) in [6.07, 6.45) is 9.97. The van der Waals surface area contributed by atoms with E-state index in [1.807, 2.05) is 6.08 Å². The van der Waals surface area contributed by atoms with Crippen LogP contribution in [-0.2, 0) is 0 Å². The second-order valence-electron chi connectivity index (χ2n) is 5.81. The van der Waals surface area contributed by atoms with E-state index in [4.69, 9.17) is 17.3 Å². The second kappa shape index (κ2) is 7.65. The van der Waals surface area contributed by atoms with Crippen molar-refractivity contribution in [1.29, 1.82) is 0 Å². The number of halogens is 1. The van der Waals surface area contributed by atoms with Gasteiger partial charge in [-0.15, -0.1) is 0 Å². The van der Waals surface area contributed by atoms with E-state index in [1.54, 1.807) is 12.4 Å². The molecule has 2 aliphatic heterocycles. The zero-order valence-corrected chi connectivity index (χ0v) is 14.3. The number of hydrogen-bond donors (Lipinski definition) is 2. The summed E-state index contributed by atoms with van der Waals surface area (Å²) in [4.78, 5) is 6.85. The molecule has 0 aromatic rings. The lowest BCUT2D eigenvalue weighted by atomic mass is 10.0. The Labute approximate surface area is 138 Å². The fourth-order valence-electron chi connectivity index (χ4n) is 2.82. The van der Waals surface area contributed by atoms with Crippen LogP contribution in [0, 0.1) is 0 Å². The van der Waals surface area contributed by atoms with E-state index in [0.29, 0.717) is 11.7 Å². The van der Waals surface area contributed by atoms with E-state index in [0.717, 1.165) is 18.5 Å². The SMILES string of the molecule is CCCC1=C(C)C=C(CN=CC2=C(Cl)NC=CC2N)CN1C. The molecule has 2 aliphatic rings. The molecule has 0 aromatic carbocycles. The third-order valence-corrected chi connectivity index (χ3v) is 4.24. The number of nitrogens with two attached hydrogens (primary N) is 1.